The molecule has 0 bridgehead atoms. The molecular weight excluding hydrogens is 514 g/mol. The number of carbonyl (C=O) groups is 2. The van der Waals surface area contributed by atoms with E-state index in [4.69, 9.17) is 9.47 Å². The van der Waals surface area contributed by atoms with E-state index in [0.717, 1.165) is 16.9 Å². The lowest BCUT2D eigenvalue weighted by Gasteiger charge is -2.45. The van der Waals surface area contributed by atoms with Crippen LogP contribution in [0.5, 0.6) is 5.75 Å². The number of thioether (sulfide) groups is 1. The lowest BCUT2D eigenvalue weighted by atomic mass is 9.94. The van der Waals surface area contributed by atoms with Crippen molar-refractivity contribution in [3.05, 3.63) is 93.4 Å². The van der Waals surface area contributed by atoms with Crippen molar-refractivity contribution in [3.8, 4) is 5.75 Å². The van der Waals surface area contributed by atoms with E-state index in [1.54, 1.807) is 48.3 Å². The Morgan fingerprint density at radius 3 is 2.44 bits per heavy atom. The van der Waals surface area contributed by atoms with Crippen LogP contribution < -0.4 is 15.2 Å². The maximum Gasteiger partial charge on any atom is 0.314 e. The zero-order valence-electron chi connectivity index (χ0n) is 22.8. The van der Waals surface area contributed by atoms with Crippen molar-refractivity contribution in [3.63, 3.8) is 0 Å². The summed E-state index contributed by atoms with van der Waals surface area (Å²) in [7, 11) is 0. The molecule has 1 unspecified atom stereocenters. The summed E-state index contributed by atoms with van der Waals surface area (Å²) in [5.74, 6) is -0.0902. The highest BCUT2D eigenvalue weighted by atomic mass is 32.2. The number of ether oxygens (including phenoxy) is 2. The first-order valence-electron chi connectivity index (χ1n) is 13.0. The van der Waals surface area contributed by atoms with Gasteiger partial charge in [0.15, 0.2) is 5.69 Å². The molecule has 0 N–H and O–H groups in total. The van der Waals surface area contributed by atoms with E-state index < -0.39 is 23.6 Å². The maximum absolute atomic E-state index is 13.8. The number of esters is 1. The van der Waals surface area contributed by atoms with Gasteiger partial charge in [-0.3, -0.25) is 24.1 Å². The number of benzene rings is 2. The third kappa shape index (κ3) is 5.03. The first-order chi connectivity index (χ1) is 18.6. The van der Waals surface area contributed by atoms with Crippen LogP contribution in [-0.4, -0.2) is 41.0 Å². The minimum absolute atomic E-state index is 0.112. The van der Waals surface area contributed by atoms with Crippen molar-refractivity contribution in [2.24, 2.45) is 5.41 Å². The van der Waals surface area contributed by atoms with Crippen LogP contribution in [0.4, 0.5) is 0 Å². The highest BCUT2D eigenvalue weighted by molar-refractivity contribution is 7.98. The molecule has 0 fully saturated rings. The van der Waals surface area contributed by atoms with Crippen LogP contribution in [0.1, 0.15) is 67.8 Å². The van der Waals surface area contributed by atoms with Gasteiger partial charge in [-0.05, 0) is 57.4 Å². The smallest absolute Gasteiger partial charge is 0.314 e. The molecule has 204 valence electrons. The van der Waals surface area contributed by atoms with Gasteiger partial charge in [0.1, 0.15) is 6.67 Å². The van der Waals surface area contributed by atoms with Gasteiger partial charge in [-0.25, -0.2) is 0 Å². The molecular formula is C30H33N3O5S. The third-order valence-corrected chi connectivity index (χ3v) is 8.08. The zero-order chi connectivity index (χ0) is 27.9. The molecule has 8 nitrogen and oxygen atoms in total. The molecule has 0 spiro atoms. The molecule has 1 amide bonds. The Hall–Kier alpha value is -3.72. The number of nitrogens with zero attached hydrogens (tertiary/aromatic N) is 3. The lowest BCUT2D eigenvalue weighted by Crippen LogP contribution is -2.57. The van der Waals surface area contributed by atoms with Crippen molar-refractivity contribution in [2.75, 3.05) is 18.5 Å². The number of hydrogen-bond acceptors (Lipinski definition) is 7. The highest BCUT2D eigenvalue weighted by Gasteiger charge is 2.39. The van der Waals surface area contributed by atoms with Crippen LogP contribution in [0.2, 0.25) is 0 Å². The number of pyridine rings is 1. The number of rotatable bonds is 5. The van der Waals surface area contributed by atoms with Crippen LogP contribution in [0.25, 0.3) is 0 Å². The van der Waals surface area contributed by atoms with Crippen molar-refractivity contribution in [2.45, 2.75) is 57.4 Å². The highest BCUT2D eigenvalue weighted by Crippen LogP contribution is 2.43. The normalized spacial score (nSPS) is 16.8. The summed E-state index contributed by atoms with van der Waals surface area (Å²) in [5, 5.41) is 2.10. The Morgan fingerprint density at radius 1 is 1.03 bits per heavy atom. The van der Waals surface area contributed by atoms with Gasteiger partial charge in [0.2, 0.25) is 18.0 Å². The Balaban J connectivity index is 1.65. The molecule has 1 aromatic heterocycles. The largest absolute Gasteiger partial charge is 0.451 e. The van der Waals surface area contributed by atoms with Gasteiger partial charge in [-0.1, -0.05) is 42.5 Å². The van der Waals surface area contributed by atoms with Gasteiger partial charge in [0.05, 0.1) is 11.5 Å². The number of hydrogen-bond donors (Lipinski definition) is 0. The standard InChI is InChI=1S/C30H33N3O5S/c1-19(2)31-17-33(25-21-11-7-6-10-20(21)16-39-24-13-9-8-12-22(24)25)32-15-14-23(34)27(26(32)28(31)35)37-18-38-29(36)30(3,4)5/h6-15,19,25H,16-18H2,1-5H3. The lowest BCUT2D eigenvalue weighted by molar-refractivity contribution is -0.159. The molecule has 0 saturated heterocycles. The van der Waals surface area contributed by atoms with E-state index in [9.17, 15) is 14.4 Å². The molecule has 2 aliphatic heterocycles. The molecule has 39 heavy (non-hydrogen) atoms. The number of fused-ring (bicyclic) bond motifs is 3. The molecule has 5 rings (SSSR count). The summed E-state index contributed by atoms with van der Waals surface area (Å²) >= 11 is 1.79. The minimum Gasteiger partial charge on any atom is -0.451 e. The zero-order valence-corrected chi connectivity index (χ0v) is 23.7. The van der Waals surface area contributed by atoms with Crippen molar-refractivity contribution in [1.29, 1.82) is 0 Å². The molecule has 2 aromatic carbocycles. The van der Waals surface area contributed by atoms with Crippen LogP contribution in [0, 0.1) is 5.41 Å². The monoisotopic (exact) mass is 547 g/mol. The van der Waals surface area contributed by atoms with E-state index in [1.807, 2.05) is 38.1 Å². The van der Waals surface area contributed by atoms with E-state index in [1.165, 1.54) is 16.5 Å². The predicted molar refractivity (Wildman–Crippen MR) is 150 cm³/mol. The second-order valence-electron chi connectivity index (χ2n) is 11.0. The quantitative estimate of drug-likeness (QED) is 0.331. The molecule has 2 aliphatic rings. The summed E-state index contributed by atoms with van der Waals surface area (Å²) in [6, 6.07) is 17.7. The second-order valence-corrected chi connectivity index (χ2v) is 12.0. The average Bonchev–Trinajstić information content (AvgIpc) is 3.06. The van der Waals surface area contributed by atoms with Crippen molar-refractivity contribution >= 4 is 23.6 Å². The summed E-state index contributed by atoms with van der Waals surface area (Å²) in [6.45, 7) is 8.93. The topological polar surface area (TPSA) is 81.1 Å². The fraction of sp³-hybridized carbons (Fsp3) is 0.367. The molecule has 3 heterocycles. The second kappa shape index (κ2) is 10.4. The van der Waals surface area contributed by atoms with Gasteiger partial charge in [0.25, 0.3) is 5.91 Å². The Morgan fingerprint density at radius 2 is 1.72 bits per heavy atom. The first-order valence-corrected chi connectivity index (χ1v) is 14.0. The fourth-order valence-corrected chi connectivity index (χ4v) is 5.95. The van der Waals surface area contributed by atoms with Crippen molar-refractivity contribution < 1.29 is 19.1 Å². The number of carbonyl (C=O) groups excluding carboxylic acids is 2. The molecule has 1 atom stereocenters. The first kappa shape index (κ1) is 26.9. The fourth-order valence-electron chi connectivity index (χ4n) is 4.86. The molecule has 0 aliphatic carbocycles. The van der Waals surface area contributed by atoms with Crippen LogP contribution in [0.15, 0.2) is 70.5 Å². The van der Waals surface area contributed by atoms with E-state index in [-0.39, 0.29) is 29.4 Å². The van der Waals surface area contributed by atoms with Gasteiger partial charge in [-0.15, -0.1) is 11.8 Å². The van der Waals surface area contributed by atoms with Crippen molar-refractivity contribution in [1.82, 2.24) is 9.58 Å². The van der Waals surface area contributed by atoms with Gasteiger partial charge in [0, 0.05) is 29.0 Å². The van der Waals surface area contributed by atoms with Gasteiger partial charge < -0.3 is 14.4 Å². The molecule has 3 aromatic rings. The van der Waals surface area contributed by atoms with Gasteiger partial charge in [-0.2, -0.15) is 0 Å². The Labute approximate surface area is 232 Å². The number of aromatic nitrogens is 1. The average molecular weight is 548 g/mol. The van der Waals surface area contributed by atoms with Crippen LogP contribution in [-0.2, 0) is 15.3 Å². The maximum atomic E-state index is 13.8. The molecule has 0 saturated carbocycles. The number of amides is 1. The van der Waals surface area contributed by atoms with Crippen LogP contribution in [0.3, 0.4) is 0 Å². The summed E-state index contributed by atoms with van der Waals surface area (Å²) in [4.78, 5) is 42.1. The Kier molecular flexibility index (Phi) is 7.20. The van der Waals surface area contributed by atoms with Gasteiger partial charge >= 0.3 is 5.97 Å². The van der Waals surface area contributed by atoms with E-state index >= 15 is 0 Å². The predicted octanol–water partition coefficient (Wildman–Crippen LogP) is 4.93. The summed E-state index contributed by atoms with van der Waals surface area (Å²) in [5.41, 5.74) is 2.40. The van der Waals surface area contributed by atoms with E-state index in [0.29, 0.717) is 6.67 Å². The minimum atomic E-state index is -0.728. The third-order valence-electron chi connectivity index (χ3n) is 6.95. The summed E-state index contributed by atoms with van der Waals surface area (Å²) < 4.78 is 12.7. The van der Waals surface area contributed by atoms with E-state index in [2.05, 4.69) is 29.3 Å². The van der Waals surface area contributed by atoms with Crippen LogP contribution >= 0.6 is 11.8 Å². The summed E-state index contributed by atoms with van der Waals surface area (Å²) in [6.07, 6.45) is 1.63. The molecule has 0 radical (unpaired) electrons. The Bertz CT molecular complexity index is 1430. The SMILES string of the molecule is CC(C)N1CN(C2c3ccccc3CSc3ccccc32)n2ccc(=O)c(OCOC(=O)C(C)(C)C)c2C1=O. The molecule has 9 heteroatoms.